The number of hydrogen-bond donors (Lipinski definition) is 2. The van der Waals surface area contributed by atoms with Crippen LogP contribution in [0.15, 0.2) is 46.0 Å². The predicted octanol–water partition coefficient (Wildman–Crippen LogP) is 3.61. The van der Waals surface area contributed by atoms with Gasteiger partial charge in [0.05, 0.1) is 31.6 Å². The lowest BCUT2D eigenvalue weighted by molar-refractivity contribution is 0.258. The Bertz CT molecular complexity index is 759. The minimum atomic E-state index is 0.0394. The van der Waals surface area contributed by atoms with Gasteiger partial charge in [-0.25, -0.2) is 0 Å². The Morgan fingerprint density at radius 2 is 1.86 bits per heavy atom. The molecule has 29 heavy (non-hydrogen) atoms. The largest absolute Gasteiger partial charge is 0.490 e. The number of nitrogens with zero attached hydrogens (tertiary/aromatic N) is 2. The first kappa shape index (κ1) is 22.6. The van der Waals surface area contributed by atoms with Gasteiger partial charge in [-0.2, -0.15) is 0 Å². The number of benzene rings is 1. The van der Waals surface area contributed by atoms with Gasteiger partial charge in [-0.05, 0) is 64.7 Å². The summed E-state index contributed by atoms with van der Waals surface area (Å²) in [6.45, 7) is 7.89. The zero-order valence-corrected chi connectivity index (χ0v) is 18.4. The van der Waals surface area contributed by atoms with E-state index in [1.807, 2.05) is 58.3 Å². The van der Waals surface area contributed by atoms with Gasteiger partial charge in [-0.1, -0.05) is 6.07 Å². The molecule has 2 N–H and O–H groups in total. The summed E-state index contributed by atoms with van der Waals surface area (Å²) in [6.07, 6.45) is 1.70. The molecule has 0 aliphatic carbocycles. The van der Waals surface area contributed by atoms with Crippen LogP contribution in [0.4, 0.5) is 0 Å². The topological polar surface area (TPSA) is 71.3 Å². The molecule has 0 aliphatic rings. The Balaban J connectivity index is 2.04. The average molecular weight is 403 g/mol. The molecule has 7 heteroatoms. The molecular weight excluding hydrogens is 368 g/mol. The summed E-state index contributed by atoms with van der Waals surface area (Å²) in [5.41, 5.74) is 1.09. The second-order valence-electron chi connectivity index (χ2n) is 6.89. The van der Waals surface area contributed by atoms with Crippen LogP contribution in [0.25, 0.3) is 0 Å². The van der Waals surface area contributed by atoms with E-state index < -0.39 is 0 Å². The molecule has 1 aromatic carbocycles. The molecule has 0 saturated carbocycles. The summed E-state index contributed by atoms with van der Waals surface area (Å²) in [6, 6.07) is 10.1. The van der Waals surface area contributed by atoms with Crippen LogP contribution < -0.4 is 20.1 Å². The average Bonchev–Trinajstić information content (AvgIpc) is 3.23. The smallest absolute Gasteiger partial charge is 0.191 e. The molecule has 1 aromatic heterocycles. The van der Waals surface area contributed by atoms with Gasteiger partial charge in [-0.3, -0.25) is 9.89 Å². The number of nitrogens with one attached hydrogen (secondary N) is 2. The summed E-state index contributed by atoms with van der Waals surface area (Å²) in [7, 11) is 5.83. The van der Waals surface area contributed by atoms with Crippen molar-refractivity contribution < 1.29 is 13.9 Å². The van der Waals surface area contributed by atoms with Gasteiger partial charge in [0.2, 0.25) is 0 Å². The molecule has 2 unspecified atom stereocenters. The van der Waals surface area contributed by atoms with E-state index >= 15 is 0 Å². The molecular formula is C22H34N4O3. The molecule has 2 aromatic rings. The third-order valence-electron chi connectivity index (χ3n) is 4.60. The van der Waals surface area contributed by atoms with Gasteiger partial charge >= 0.3 is 0 Å². The van der Waals surface area contributed by atoms with E-state index in [0.717, 1.165) is 28.8 Å². The molecule has 0 amide bonds. The zero-order valence-electron chi connectivity index (χ0n) is 18.4. The maximum Gasteiger partial charge on any atom is 0.191 e. The molecule has 2 atom stereocenters. The van der Waals surface area contributed by atoms with Crippen LogP contribution in [-0.2, 0) is 0 Å². The van der Waals surface area contributed by atoms with Crippen LogP contribution in [0.2, 0.25) is 0 Å². The number of guanidine groups is 1. The van der Waals surface area contributed by atoms with Crippen LogP contribution in [0.3, 0.4) is 0 Å². The van der Waals surface area contributed by atoms with Crippen molar-refractivity contribution >= 4 is 5.96 Å². The first-order chi connectivity index (χ1) is 14.0. The molecule has 0 spiro atoms. The summed E-state index contributed by atoms with van der Waals surface area (Å²) in [4.78, 5) is 6.48. The van der Waals surface area contributed by atoms with Crippen molar-refractivity contribution in [1.29, 1.82) is 0 Å². The predicted molar refractivity (Wildman–Crippen MR) is 117 cm³/mol. The Hall–Kier alpha value is -2.67. The van der Waals surface area contributed by atoms with Gasteiger partial charge in [0, 0.05) is 13.6 Å². The van der Waals surface area contributed by atoms with Gasteiger partial charge in [0.1, 0.15) is 5.76 Å². The minimum Gasteiger partial charge on any atom is -0.490 e. The lowest BCUT2D eigenvalue weighted by Gasteiger charge is -2.25. The van der Waals surface area contributed by atoms with Gasteiger partial charge in [-0.15, -0.1) is 0 Å². The fraction of sp³-hybridized carbons (Fsp3) is 0.500. The number of ether oxygens (including phenoxy) is 2. The maximum atomic E-state index is 5.74. The van der Waals surface area contributed by atoms with Crippen LogP contribution in [-0.4, -0.2) is 51.8 Å². The van der Waals surface area contributed by atoms with Crippen molar-refractivity contribution in [3.05, 3.63) is 47.9 Å². The number of rotatable bonds is 10. The highest BCUT2D eigenvalue weighted by Crippen LogP contribution is 2.30. The van der Waals surface area contributed by atoms with Crippen LogP contribution in [0.5, 0.6) is 11.5 Å². The lowest BCUT2D eigenvalue weighted by atomic mass is 10.1. The number of likely N-dealkylation sites (N-methyl/N-ethyl adjacent to an activating group) is 1. The van der Waals surface area contributed by atoms with E-state index in [1.54, 1.807) is 13.3 Å². The third-order valence-corrected chi connectivity index (χ3v) is 4.60. The summed E-state index contributed by atoms with van der Waals surface area (Å²) in [5.74, 6) is 3.16. The lowest BCUT2D eigenvalue weighted by Crippen LogP contribution is -2.42. The van der Waals surface area contributed by atoms with E-state index in [2.05, 4.69) is 27.4 Å². The second-order valence-corrected chi connectivity index (χ2v) is 6.89. The Morgan fingerprint density at radius 3 is 2.45 bits per heavy atom. The van der Waals surface area contributed by atoms with E-state index in [4.69, 9.17) is 13.9 Å². The van der Waals surface area contributed by atoms with Crippen molar-refractivity contribution in [3.8, 4) is 11.5 Å². The quantitative estimate of drug-likeness (QED) is 0.467. The number of hydrogen-bond acceptors (Lipinski definition) is 5. The van der Waals surface area contributed by atoms with Crippen molar-refractivity contribution in [1.82, 2.24) is 15.5 Å². The highest BCUT2D eigenvalue weighted by molar-refractivity contribution is 5.80. The molecule has 7 nitrogen and oxygen atoms in total. The molecule has 160 valence electrons. The van der Waals surface area contributed by atoms with E-state index in [0.29, 0.717) is 19.8 Å². The summed E-state index contributed by atoms with van der Waals surface area (Å²) >= 11 is 0. The minimum absolute atomic E-state index is 0.0394. The SMILES string of the molecule is CCOc1ccc(C(C)NC(=NC)NCC(c2ccco2)N(C)C)cc1OCC. The maximum absolute atomic E-state index is 5.74. The second kappa shape index (κ2) is 11.4. The zero-order chi connectivity index (χ0) is 21.2. The Morgan fingerprint density at radius 1 is 1.14 bits per heavy atom. The Labute approximate surface area is 174 Å². The molecule has 0 radical (unpaired) electrons. The molecule has 0 saturated heterocycles. The molecule has 2 rings (SSSR count). The van der Waals surface area contributed by atoms with Gasteiger partial charge in [0.15, 0.2) is 17.5 Å². The van der Waals surface area contributed by atoms with Crippen LogP contribution >= 0.6 is 0 Å². The van der Waals surface area contributed by atoms with E-state index in [1.165, 1.54) is 0 Å². The summed E-state index contributed by atoms with van der Waals surface area (Å²) < 4.78 is 17.0. The van der Waals surface area contributed by atoms with E-state index in [9.17, 15) is 0 Å². The fourth-order valence-corrected chi connectivity index (χ4v) is 3.03. The molecule has 0 bridgehead atoms. The van der Waals surface area contributed by atoms with Gasteiger partial charge < -0.3 is 24.5 Å². The number of aliphatic imine (C=N–C) groups is 1. The number of furan rings is 1. The van der Waals surface area contributed by atoms with Crippen molar-refractivity contribution in [2.24, 2.45) is 4.99 Å². The molecule has 0 aliphatic heterocycles. The Kier molecular flexibility index (Phi) is 8.86. The third kappa shape index (κ3) is 6.42. The summed E-state index contributed by atoms with van der Waals surface area (Å²) in [5, 5.41) is 6.83. The van der Waals surface area contributed by atoms with Crippen LogP contribution in [0.1, 0.15) is 44.2 Å². The van der Waals surface area contributed by atoms with E-state index in [-0.39, 0.29) is 12.1 Å². The van der Waals surface area contributed by atoms with Crippen molar-refractivity contribution in [2.45, 2.75) is 32.9 Å². The van der Waals surface area contributed by atoms with Crippen molar-refractivity contribution in [3.63, 3.8) is 0 Å². The first-order valence-electron chi connectivity index (χ1n) is 10.1. The van der Waals surface area contributed by atoms with Crippen molar-refractivity contribution in [2.75, 3.05) is 40.9 Å². The van der Waals surface area contributed by atoms with Gasteiger partial charge in [0.25, 0.3) is 0 Å². The fourth-order valence-electron chi connectivity index (χ4n) is 3.03. The monoisotopic (exact) mass is 402 g/mol. The van der Waals surface area contributed by atoms with Crippen LogP contribution in [0, 0.1) is 0 Å². The first-order valence-corrected chi connectivity index (χ1v) is 10.1. The normalized spacial score (nSPS) is 13.8. The highest BCUT2D eigenvalue weighted by atomic mass is 16.5. The standard InChI is InChI=1S/C22H34N4O3/c1-7-27-20-12-11-17(14-21(20)28-8-2)16(3)25-22(23-4)24-15-18(26(5)6)19-10-9-13-29-19/h9-14,16,18H,7-8,15H2,1-6H3,(H2,23,24,25). The molecule has 1 heterocycles. The highest BCUT2D eigenvalue weighted by Gasteiger charge is 2.18. The molecule has 0 fully saturated rings.